The first kappa shape index (κ1) is 13.1. The Kier molecular flexibility index (Phi) is 4.54. The van der Waals surface area contributed by atoms with E-state index in [0.717, 1.165) is 0 Å². The monoisotopic (exact) mass is 265 g/mol. The summed E-state index contributed by atoms with van der Waals surface area (Å²) in [6.07, 6.45) is -4.78. The van der Waals surface area contributed by atoms with Gasteiger partial charge < -0.3 is 0 Å². The Morgan fingerprint density at radius 2 is 1.85 bits per heavy atom. The number of carbonyl (C=O) groups is 1. The standard InChI is InChI=1S/C3H9OSi.C2H2F3NO.Zn/c1-5(2,3)4;3-2(4,5)1(6)7;/h1-3H3;(H2,6,7);/q-1;;+2/p-1. The second kappa shape index (κ2) is 4.52. The van der Waals surface area contributed by atoms with Crippen molar-refractivity contribution in [1.82, 2.24) is 4.06 Å². The molecule has 1 amide bonds. The van der Waals surface area contributed by atoms with Crippen LogP contribution in [-0.2, 0) is 25.8 Å². The van der Waals surface area contributed by atoms with Crippen molar-refractivity contribution in [2.24, 2.45) is 0 Å². The molecule has 0 aliphatic rings. The van der Waals surface area contributed by atoms with Gasteiger partial charge in [-0.15, -0.1) is 0 Å². The molecule has 1 N–H and O–H groups in total. The minimum atomic E-state index is -4.78. The van der Waals surface area contributed by atoms with E-state index in [4.69, 9.17) is 3.25 Å². The van der Waals surface area contributed by atoms with Crippen molar-refractivity contribution in [3.05, 3.63) is 0 Å². The Labute approximate surface area is 83.4 Å². The van der Waals surface area contributed by atoms with Crippen molar-refractivity contribution in [2.45, 2.75) is 25.8 Å². The van der Waals surface area contributed by atoms with Gasteiger partial charge in [-0.05, 0) is 0 Å². The molecule has 0 saturated carbocycles. The maximum absolute atomic E-state index is 11.6. The number of amides is 1. The first-order valence-corrected chi connectivity index (χ1v) is 9.72. The first-order chi connectivity index (χ1) is 5.63. The number of nitrogens with one attached hydrogen (secondary N) is 1. The van der Waals surface area contributed by atoms with Gasteiger partial charge in [0.1, 0.15) is 0 Å². The van der Waals surface area contributed by atoms with Gasteiger partial charge >= 0.3 is 83.0 Å². The molecule has 0 rings (SSSR count). The average molecular weight is 267 g/mol. The second-order valence-corrected chi connectivity index (χ2v) is 11.1. The summed E-state index contributed by atoms with van der Waals surface area (Å²) in [6.45, 7) is 5.58. The molecule has 0 radical (unpaired) electrons. The van der Waals surface area contributed by atoms with Crippen LogP contribution in [0.1, 0.15) is 0 Å². The van der Waals surface area contributed by atoms with Crippen molar-refractivity contribution >= 4 is 14.2 Å². The van der Waals surface area contributed by atoms with Crippen LogP contribution in [0.3, 0.4) is 0 Å². The molecule has 0 aliphatic heterocycles. The molecule has 8 heteroatoms. The zero-order valence-electron chi connectivity index (χ0n) is 7.66. The summed E-state index contributed by atoms with van der Waals surface area (Å²) in [4.78, 5) is 10.3. The van der Waals surface area contributed by atoms with Crippen LogP contribution in [-0.4, -0.2) is 20.4 Å². The molecular weight excluding hydrogens is 257 g/mol. The molecule has 0 fully saturated rings. The van der Waals surface area contributed by atoms with E-state index in [2.05, 4.69) is 0 Å². The molecule has 0 unspecified atom stereocenters. The van der Waals surface area contributed by atoms with Gasteiger partial charge in [-0.25, -0.2) is 0 Å². The van der Waals surface area contributed by atoms with Gasteiger partial charge in [0.05, 0.1) is 0 Å². The summed E-state index contributed by atoms with van der Waals surface area (Å²) in [5, 5.41) is 0. The molecule has 0 atom stereocenters. The third-order valence-electron chi connectivity index (χ3n) is 0.995. The summed E-state index contributed by atoms with van der Waals surface area (Å²) in [5.41, 5.74) is 0. The number of hydrogen-bond donors (Lipinski definition) is 1. The van der Waals surface area contributed by atoms with Crippen LogP contribution in [0.15, 0.2) is 0 Å². The third kappa shape index (κ3) is 7.16. The fourth-order valence-corrected chi connectivity index (χ4v) is 4.80. The van der Waals surface area contributed by atoms with Gasteiger partial charge in [0.2, 0.25) is 0 Å². The zero-order valence-corrected chi connectivity index (χ0v) is 11.6. The van der Waals surface area contributed by atoms with Gasteiger partial charge in [-0.3, -0.25) is 0 Å². The number of carbonyl (C=O) groups excluding carboxylic acids is 1. The summed E-state index contributed by atoms with van der Waals surface area (Å²) in [5.74, 6) is -1.88. The number of rotatable bonds is 3. The zero-order chi connectivity index (χ0) is 10.7. The molecular formula is C5H10F3NO2SiZn. The van der Waals surface area contributed by atoms with Crippen LogP contribution >= 0.6 is 0 Å². The molecule has 0 aromatic carbocycles. The van der Waals surface area contributed by atoms with Crippen LogP contribution in [0, 0.1) is 0 Å². The normalized spacial score (nSPS) is 12.2. The van der Waals surface area contributed by atoms with Crippen LogP contribution in [0.25, 0.3) is 0 Å². The molecule has 0 heterocycles. The van der Waals surface area contributed by atoms with Crippen molar-refractivity contribution in [3.8, 4) is 0 Å². The van der Waals surface area contributed by atoms with Crippen LogP contribution in [0.2, 0.25) is 19.6 Å². The van der Waals surface area contributed by atoms with Gasteiger partial charge in [-0.2, -0.15) is 0 Å². The Morgan fingerprint density at radius 3 is 2.15 bits per heavy atom. The average Bonchev–Trinajstić information content (AvgIpc) is 1.82. The molecule has 74 valence electrons. The van der Waals surface area contributed by atoms with Gasteiger partial charge in [0, 0.05) is 0 Å². The Balaban J connectivity index is 3.74. The van der Waals surface area contributed by atoms with E-state index >= 15 is 0 Å². The number of halogens is 3. The summed E-state index contributed by atoms with van der Waals surface area (Å²) >= 11 is -2.00. The van der Waals surface area contributed by atoms with E-state index in [0.29, 0.717) is 0 Å². The van der Waals surface area contributed by atoms with Gasteiger partial charge in [0.15, 0.2) is 0 Å². The van der Waals surface area contributed by atoms with E-state index in [1.807, 2.05) is 23.7 Å². The minimum absolute atomic E-state index is 1.78. The number of hydrogen-bond acceptors (Lipinski definition) is 2. The molecule has 0 saturated heterocycles. The van der Waals surface area contributed by atoms with E-state index in [-0.39, 0.29) is 0 Å². The summed E-state index contributed by atoms with van der Waals surface area (Å²) in [7, 11) is -1.78. The first-order valence-electron chi connectivity index (χ1n) is 3.62. The van der Waals surface area contributed by atoms with E-state index in [1.165, 1.54) is 0 Å². The van der Waals surface area contributed by atoms with E-state index in [1.54, 1.807) is 0 Å². The second-order valence-electron chi connectivity index (χ2n) is 3.40. The predicted molar refractivity (Wildman–Crippen MR) is 38.6 cm³/mol. The quantitative estimate of drug-likeness (QED) is 0.785. The molecule has 13 heavy (non-hydrogen) atoms. The molecule has 0 aromatic rings. The van der Waals surface area contributed by atoms with Crippen LogP contribution < -0.4 is 4.06 Å². The van der Waals surface area contributed by atoms with Crippen LogP contribution in [0.4, 0.5) is 13.2 Å². The van der Waals surface area contributed by atoms with Crippen LogP contribution in [0.5, 0.6) is 0 Å². The SMILES string of the molecule is C[Si](C)(C)[O][Zn][NH]C(=O)C(F)(F)F. The fourth-order valence-electron chi connectivity index (χ4n) is 0.418. The topological polar surface area (TPSA) is 38.3 Å². The summed E-state index contributed by atoms with van der Waals surface area (Å²) in [6, 6.07) is 0. The van der Waals surface area contributed by atoms with Crippen molar-refractivity contribution in [1.29, 1.82) is 0 Å². The van der Waals surface area contributed by atoms with Crippen molar-refractivity contribution < 1.29 is 38.9 Å². The van der Waals surface area contributed by atoms with Gasteiger partial charge in [0.25, 0.3) is 0 Å². The third-order valence-corrected chi connectivity index (χ3v) is 9.34. The fraction of sp³-hybridized carbons (Fsp3) is 0.800. The predicted octanol–water partition coefficient (Wildman–Crippen LogP) is 1.43. The molecule has 0 spiro atoms. The van der Waals surface area contributed by atoms with E-state index in [9.17, 15) is 18.0 Å². The molecule has 0 aromatic heterocycles. The molecule has 0 bridgehead atoms. The molecule has 0 aliphatic carbocycles. The van der Waals surface area contributed by atoms with Crippen molar-refractivity contribution in [3.63, 3.8) is 0 Å². The van der Waals surface area contributed by atoms with Crippen molar-refractivity contribution in [2.75, 3.05) is 0 Å². The Morgan fingerprint density at radius 1 is 1.38 bits per heavy atom. The molecule has 3 nitrogen and oxygen atoms in total. The Hall–Kier alpha value is 0.0603. The van der Waals surface area contributed by atoms with Gasteiger partial charge in [-0.1, -0.05) is 0 Å². The summed E-state index contributed by atoms with van der Waals surface area (Å²) < 4.78 is 41.9. The van der Waals surface area contributed by atoms with E-state index < -0.39 is 38.1 Å². The Bertz CT molecular complexity index is 191. The number of alkyl halides is 3. The maximum atomic E-state index is 11.6.